The summed E-state index contributed by atoms with van der Waals surface area (Å²) in [6.07, 6.45) is 0.940. The SMILES string of the molecule is Cc1cc(O)ccc1C(=O)NC1(C)CCNC1. The summed E-state index contributed by atoms with van der Waals surface area (Å²) in [5, 5.41) is 15.6. The number of aryl methyl sites for hydroxylation is 1. The maximum absolute atomic E-state index is 12.1. The highest BCUT2D eigenvalue weighted by Gasteiger charge is 2.30. The summed E-state index contributed by atoms with van der Waals surface area (Å²) in [5.74, 6) is 0.112. The quantitative estimate of drug-likeness (QED) is 0.720. The van der Waals surface area contributed by atoms with Gasteiger partial charge in [0.2, 0.25) is 0 Å². The number of amides is 1. The van der Waals surface area contributed by atoms with Crippen LogP contribution in [0.15, 0.2) is 18.2 Å². The molecule has 3 N–H and O–H groups in total. The maximum atomic E-state index is 12.1. The minimum Gasteiger partial charge on any atom is -0.508 e. The van der Waals surface area contributed by atoms with Crippen molar-refractivity contribution < 1.29 is 9.90 Å². The number of nitrogens with one attached hydrogen (secondary N) is 2. The molecule has 1 unspecified atom stereocenters. The molecule has 0 radical (unpaired) electrons. The summed E-state index contributed by atoms with van der Waals surface area (Å²) < 4.78 is 0. The summed E-state index contributed by atoms with van der Waals surface area (Å²) in [6, 6.07) is 4.80. The number of carbonyl (C=O) groups excluding carboxylic acids is 1. The van der Waals surface area contributed by atoms with Gasteiger partial charge in [0.25, 0.3) is 5.91 Å². The summed E-state index contributed by atoms with van der Waals surface area (Å²) in [6.45, 7) is 5.60. The first kappa shape index (κ1) is 11.9. The number of hydrogen-bond acceptors (Lipinski definition) is 3. The Bertz CT molecular complexity index is 437. The van der Waals surface area contributed by atoms with Gasteiger partial charge in [0, 0.05) is 12.1 Å². The second-order valence-electron chi connectivity index (χ2n) is 4.94. The van der Waals surface area contributed by atoms with Crippen LogP contribution in [0.1, 0.15) is 29.3 Å². The molecule has 1 heterocycles. The lowest BCUT2D eigenvalue weighted by Crippen LogP contribution is -2.47. The fraction of sp³-hybridized carbons (Fsp3) is 0.462. The van der Waals surface area contributed by atoms with E-state index in [4.69, 9.17) is 0 Å². The molecule has 2 rings (SSSR count). The molecule has 0 aliphatic carbocycles. The topological polar surface area (TPSA) is 61.4 Å². The van der Waals surface area contributed by atoms with Gasteiger partial charge in [-0.1, -0.05) is 0 Å². The highest BCUT2D eigenvalue weighted by molar-refractivity contribution is 5.96. The minimum atomic E-state index is -0.165. The van der Waals surface area contributed by atoms with E-state index in [0.717, 1.165) is 25.1 Å². The Balaban J connectivity index is 2.14. The number of carbonyl (C=O) groups is 1. The van der Waals surface area contributed by atoms with Gasteiger partial charge < -0.3 is 15.7 Å². The van der Waals surface area contributed by atoms with Crippen LogP contribution >= 0.6 is 0 Å². The highest BCUT2D eigenvalue weighted by Crippen LogP contribution is 2.18. The number of rotatable bonds is 2. The molecule has 1 fully saturated rings. The minimum absolute atomic E-state index is 0.0753. The van der Waals surface area contributed by atoms with E-state index in [2.05, 4.69) is 10.6 Å². The lowest BCUT2D eigenvalue weighted by atomic mass is 10.00. The van der Waals surface area contributed by atoms with Crippen LogP contribution in [0, 0.1) is 6.92 Å². The number of benzene rings is 1. The highest BCUT2D eigenvalue weighted by atomic mass is 16.3. The first-order chi connectivity index (χ1) is 8.00. The Hall–Kier alpha value is -1.55. The molecular formula is C13H18N2O2. The Morgan fingerprint density at radius 2 is 2.29 bits per heavy atom. The molecule has 4 heteroatoms. The number of aromatic hydroxyl groups is 1. The van der Waals surface area contributed by atoms with Crippen LogP contribution in [-0.2, 0) is 0 Å². The van der Waals surface area contributed by atoms with Crippen LogP contribution in [0.4, 0.5) is 0 Å². The van der Waals surface area contributed by atoms with Gasteiger partial charge in [-0.25, -0.2) is 0 Å². The standard InChI is InChI=1S/C13H18N2O2/c1-9-7-10(16)3-4-11(9)12(17)15-13(2)5-6-14-8-13/h3-4,7,14,16H,5-6,8H2,1-2H3,(H,15,17). The molecule has 0 aromatic heterocycles. The van der Waals surface area contributed by atoms with E-state index in [1.807, 2.05) is 13.8 Å². The van der Waals surface area contributed by atoms with Gasteiger partial charge in [0.1, 0.15) is 5.75 Å². The predicted octanol–water partition coefficient (Wildman–Crippen LogP) is 1.18. The van der Waals surface area contributed by atoms with Crippen molar-refractivity contribution in [2.45, 2.75) is 25.8 Å². The monoisotopic (exact) mass is 234 g/mol. The molecule has 1 aliphatic heterocycles. The zero-order valence-corrected chi connectivity index (χ0v) is 10.2. The zero-order chi connectivity index (χ0) is 12.5. The third kappa shape index (κ3) is 2.58. The Morgan fingerprint density at radius 3 is 2.88 bits per heavy atom. The van der Waals surface area contributed by atoms with Gasteiger partial charge in [0.15, 0.2) is 0 Å². The molecule has 1 aliphatic rings. The average molecular weight is 234 g/mol. The summed E-state index contributed by atoms with van der Waals surface area (Å²) in [4.78, 5) is 12.1. The summed E-state index contributed by atoms with van der Waals surface area (Å²) in [7, 11) is 0. The van der Waals surface area contributed by atoms with Crippen LogP contribution in [0.3, 0.4) is 0 Å². The van der Waals surface area contributed by atoms with Crippen molar-refractivity contribution in [3.63, 3.8) is 0 Å². The van der Waals surface area contributed by atoms with Crippen LogP contribution in [0.2, 0.25) is 0 Å². The number of phenolic OH excluding ortho intramolecular Hbond substituents is 1. The molecule has 0 spiro atoms. The molecule has 4 nitrogen and oxygen atoms in total. The fourth-order valence-corrected chi connectivity index (χ4v) is 2.17. The Kier molecular flexibility index (Phi) is 3.07. The molecule has 1 saturated heterocycles. The van der Waals surface area contributed by atoms with Crippen molar-refractivity contribution in [3.05, 3.63) is 29.3 Å². The Morgan fingerprint density at radius 1 is 1.53 bits per heavy atom. The normalized spacial score (nSPS) is 23.6. The molecule has 1 aromatic carbocycles. The van der Waals surface area contributed by atoms with E-state index in [1.165, 1.54) is 6.07 Å². The molecule has 0 bridgehead atoms. The van der Waals surface area contributed by atoms with Crippen molar-refractivity contribution >= 4 is 5.91 Å². The van der Waals surface area contributed by atoms with E-state index >= 15 is 0 Å². The molecule has 1 amide bonds. The van der Waals surface area contributed by atoms with Gasteiger partial charge in [-0.15, -0.1) is 0 Å². The molecular weight excluding hydrogens is 216 g/mol. The molecule has 17 heavy (non-hydrogen) atoms. The third-order valence-corrected chi connectivity index (χ3v) is 3.24. The van der Waals surface area contributed by atoms with E-state index in [1.54, 1.807) is 12.1 Å². The van der Waals surface area contributed by atoms with Crippen LogP contribution in [-0.4, -0.2) is 29.6 Å². The van der Waals surface area contributed by atoms with Gasteiger partial charge in [-0.3, -0.25) is 4.79 Å². The average Bonchev–Trinajstić information content (AvgIpc) is 2.64. The van der Waals surface area contributed by atoms with Crippen LogP contribution in [0.25, 0.3) is 0 Å². The second-order valence-corrected chi connectivity index (χ2v) is 4.94. The molecule has 1 aromatic rings. The number of phenols is 1. The van der Waals surface area contributed by atoms with E-state index < -0.39 is 0 Å². The van der Waals surface area contributed by atoms with Crippen LogP contribution < -0.4 is 10.6 Å². The maximum Gasteiger partial charge on any atom is 0.252 e. The largest absolute Gasteiger partial charge is 0.508 e. The van der Waals surface area contributed by atoms with Crippen molar-refractivity contribution in [3.8, 4) is 5.75 Å². The van der Waals surface area contributed by atoms with Crippen LogP contribution in [0.5, 0.6) is 5.75 Å². The van der Waals surface area contributed by atoms with Gasteiger partial charge in [-0.2, -0.15) is 0 Å². The lowest BCUT2D eigenvalue weighted by molar-refractivity contribution is 0.0912. The third-order valence-electron chi connectivity index (χ3n) is 3.24. The van der Waals surface area contributed by atoms with Gasteiger partial charge in [-0.05, 0) is 50.6 Å². The van der Waals surface area contributed by atoms with Crippen molar-refractivity contribution in [1.82, 2.24) is 10.6 Å². The first-order valence-corrected chi connectivity index (χ1v) is 5.83. The summed E-state index contributed by atoms with van der Waals surface area (Å²) >= 11 is 0. The van der Waals surface area contributed by atoms with Crippen molar-refractivity contribution in [2.75, 3.05) is 13.1 Å². The predicted molar refractivity (Wildman–Crippen MR) is 66.2 cm³/mol. The second kappa shape index (κ2) is 4.37. The summed E-state index contributed by atoms with van der Waals surface area (Å²) in [5.41, 5.74) is 1.24. The van der Waals surface area contributed by atoms with Crippen molar-refractivity contribution in [2.24, 2.45) is 0 Å². The van der Waals surface area contributed by atoms with Crippen molar-refractivity contribution in [1.29, 1.82) is 0 Å². The fourth-order valence-electron chi connectivity index (χ4n) is 2.17. The lowest BCUT2D eigenvalue weighted by Gasteiger charge is -2.24. The molecule has 1 atom stereocenters. The number of hydrogen-bond donors (Lipinski definition) is 3. The molecule has 92 valence electrons. The Labute approximate surface area is 101 Å². The first-order valence-electron chi connectivity index (χ1n) is 5.83. The van der Waals surface area contributed by atoms with E-state index in [-0.39, 0.29) is 17.2 Å². The van der Waals surface area contributed by atoms with E-state index in [0.29, 0.717) is 5.56 Å². The molecule has 0 saturated carbocycles. The zero-order valence-electron chi connectivity index (χ0n) is 10.2. The van der Waals surface area contributed by atoms with Gasteiger partial charge in [0.05, 0.1) is 5.54 Å². The smallest absolute Gasteiger partial charge is 0.252 e. The van der Waals surface area contributed by atoms with Gasteiger partial charge >= 0.3 is 0 Å². The van der Waals surface area contributed by atoms with E-state index in [9.17, 15) is 9.90 Å².